The lowest BCUT2D eigenvalue weighted by Crippen LogP contribution is -2.39. The fourth-order valence-corrected chi connectivity index (χ4v) is 1.80. The van der Waals surface area contributed by atoms with Gasteiger partial charge in [-0.15, -0.1) is 0 Å². The summed E-state index contributed by atoms with van der Waals surface area (Å²) < 4.78 is 0. The van der Waals surface area contributed by atoms with E-state index in [4.69, 9.17) is 0 Å². The summed E-state index contributed by atoms with van der Waals surface area (Å²) in [5.74, 6) is 0.670. The summed E-state index contributed by atoms with van der Waals surface area (Å²) in [4.78, 5) is 10.7. The van der Waals surface area contributed by atoms with Crippen LogP contribution in [-0.2, 0) is 6.54 Å². The third-order valence-electron chi connectivity index (χ3n) is 2.69. The molecule has 0 saturated heterocycles. The first-order valence-electron chi connectivity index (χ1n) is 6.95. The first-order valence-corrected chi connectivity index (χ1v) is 6.95. The highest BCUT2D eigenvalue weighted by Gasteiger charge is 2.19. The van der Waals surface area contributed by atoms with Crippen LogP contribution in [0.2, 0.25) is 0 Å². The highest BCUT2D eigenvalue weighted by Crippen LogP contribution is 2.12. The highest BCUT2D eigenvalue weighted by atomic mass is 16.3. The van der Waals surface area contributed by atoms with Crippen molar-refractivity contribution in [2.45, 2.75) is 46.3 Å². The predicted octanol–water partition coefficient (Wildman–Crippen LogP) is 1.57. The maximum absolute atomic E-state index is 9.87. The normalized spacial score (nSPS) is 11.6. The van der Waals surface area contributed by atoms with Crippen molar-refractivity contribution in [3.8, 4) is 0 Å². The minimum absolute atomic E-state index is 0.525. The van der Waals surface area contributed by atoms with Gasteiger partial charge in [-0.3, -0.25) is 0 Å². The van der Waals surface area contributed by atoms with E-state index in [2.05, 4.69) is 22.2 Å². The van der Waals surface area contributed by atoms with Gasteiger partial charge in [0, 0.05) is 37.6 Å². The lowest BCUT2D eigenvalue weighted by Gasteiger charge is -2.28. The number of aromatic nitrogens is 2. The van der Waals surface area contributed by atoms with E-state index in [1.54, 1.807) is 13.8 Å². The molecule has 1 aromatic heterocycles. The zero-order valence-electron chi connectivity index (χ0n) is 12.5. The molecule has 0 aliphatic carbocycles. The molecule has 0 spiro atoms. The molecule has 1 aromatic rings. The van der Waals surface area contributed by atoms with Gasteiger partial charge in [0.15, 0.2) is 0 Å². The molecule has 0 saturated carbocycles. The van der Waals surface area contributed by atoms with E-state index in [-0.39, 0.29) is 0 Å². The zero-order chi connectivity index (χ0) is 14.3. The van der Waals surface area contributed by atoms with Gasteiger partial charge in [-0.1, -0.05) is 6.92 Å². The maximum atomic E-state index is 9.87. The standard InChI is InChI=1S/C14H26N4O/c1-5-7-15-8-12-9-16-13(17-10-12)18(6-2)11-14(3,4)19/h9-10,15,19H,5-8,11H2,1-4H3. The molecule has 2 N–H and O–H groups in total. The van der Waals surface area contributed by atoms with Crippen molar-refractivity contribution in [2.24, 2.45) is 0 Å². The van der Waals surface area contributed by atoms with Crippen LogP contribution >= 0.6 is 0 Å². The van der Waals surface area contributed by atoms with Gasteiger partial charge in [0.05, 0.1) is 5.60 Å². The Bertz CT molecular complexity index is 359. The molecule has 0 atom stereocenters. The van der Waals surface area contributed by atoms with Crippen LogP contribution in [0.4, 0.5) is 5.95 Å². The molecule has 0 radical (unpaired) electrons. The fourth-order valence-electron chi connectivity index (χ4n) is 1.80. The molecule has 108 valence electrons. The van der Waals surface area contributed by atoms with Crippen LogP contribution < -0.4 is 10.2 Å². The SMILES string of the molecule is CCCNCc1cnc(N(CC)CC(C)(C)O)nc1. The minimum Gasteiger partial charge on any atom is -0.389 e. The molecular formula is C14H26N4O. The molecular weight excluding hydrogens is 240 g/mol. The van der Waals surface area contributed by atoms with Crippen LogP contribution in [0, 0.1) is 0 Å². The molecule has 0 fully saturated rings. The summed E-state index contributed by atoms with van der Waals surface area (Å²) in [5.41, 5.74) is 0.331. The van der Waals surface area contributed by atoms with Gasteiger partial charge in [-0.25, -0.2) is 9.97 Å². The second-order valence-electron chi connectivity index (χ2n) is 5.39. The van der Waals surface area contributed by atoms with Crippen LogP contribution in [0.5, 0.6) is 0 Å². The fraction of sp³-hybridized carbons (Fsp3) is 0.714. The number of rotatable bonds is 8. The van der Waals surface area contributed by atoms with Crippen molar-refractivity contribution < 1.29 is 5.11 Å². The van der Waals surface area contributed by atoms with Gasteiger partial charge in [-0.2, -0.15) is 0 Å². The Balaban J connectivity index is 2.62. The van der Waals surface area contributed by atoms with E-state index < -0.39 is 5.60 Å². The average Bonchev–Trinajstić information content (AvgIpc) is 2.36. The third kappa shape index (κ3) is 5.98. The molecule has 1 rings (SSSR count). The minimum atomic E-state index is -0.749. The highest BCUT2D eigenvalue weighted by molar-refractivity contribution is 5.30. The smallest absolute Gasteiger partial charge is 0.225 e. The Kier molecular flexibility index (Phi) is 6.18. The number of nitrogens with one attached hydrogen (secondary N) is 1. The Morgan fingerprint density at radius 3 is 2.37 bits per heavy atom. The second-order valence-corrected chi connectivity index (χ2v) is 5.39. The van der Waals surface area contributed by atoms with Crippen molar-refractivity contribution in [3.63, 3.8) is 0 Å². The maximum Gasteiger partial charge on any atom is 0.225 e. The average molecular weight is 266 g/mol. The number of aliphatic hydroxyl groups is 1. The first kappa shape index (κ1) is 15.9. The molecule has 19 heavy (non-hydrogen) atoms. The van der Waals surface area contributed by atoms with Crippen LogP contribution in [0.1, 0.15) is 39.7 Å². The predicted molar refractivity (Wildman–Crippen MR) is 78.2 cm³/mol. The molecule has 5 nitrogen and oxygen atoms in total. The zero-order valence-corrected chi connectivity index (χ0v) is 12.5. The van der Waals surface area contributed by atoms with E-state index in [9.17, 15) is 5.11 Å². The van der Waals surface area contributed by atoms with Crippen molar-refractivity contribution in [2.75, 3.05) is 24.5 Å². The van der Waals surface area contributed by atoms with Gasteiger partial charge in [-0.05, 0) is 33.7 Å². The Morgan fingerprint density at radius 1 is 1.26 bits per heavy atom. The van der Waals surface area contributed by atoms with Crippen LogP contribution in [0.25, 0.3) is 0 Å². The summed E-state index contributed by atoms with van der Waals surface area (Å²) in [7, 11) is 0. The van der Waals surface area contributed by atoms with E-state index in [0.29, 0.717) is 12.5 Å². The summed E-state index contributed by atoms with van der Waals surface area (Å²) in [5, 5.41) is 13.2. The van der Waals surface area contributed by atoms with Crippen LogP contribution in [0.15, 0.2) is 12.4 Å². The molecule has 0 unspecified atom stereocenters. The Labute approximate surface area is 116 Å². The van der Waals surface area contributed by atoms with Gasteiger partial charge in [0.2, 0.25) is 5.95 Å². The summed E-state index contributed by atoms with van der Waals surface area (Å²) in [6, 6.07) is 0. The molecule has 0 aromatic carbocycles. The molecule has 0 aliphatic rings. The van der Waals surface area contributed by atoms with Crippen LogP contribution in [0.3, 0.4) is 0 Å². The number of hydrogen-bond acceptors (Lipinski definition) is 5. The monoisotopic (exact) mass is 266 g/mol. The summed E-state index contributed by atoms with van der Waals surface area (Å²) >= 11 is 0. The molecule has 5 heteroatoms. The van der Waals surface area contributed by atoms with Gasteiger partial charge in [0.1, 0.15) is 0 Å². The Morgan fingerprint density at radius 2 is 1.89 bits per heavy atom. The van der Waals surface area contributed by atoms with E-state index >= 15 is 0 Å². The Hall–Kier alpha value is -1.20. The van der Waals surface area contributed by atoms with Gasteiger partial charge < -0.3 is 15.3 Å². The van der Waals surface area contributed by atoms with Crippen molar-refractivity contribution in [1.29, 1.82) is 0 Å². The topological polar surface area (TPSA) is 61.3 Å². The van der Waals surface area contributed by atoms with Crippen molar-refractivity contribution in [3.05, 3.63) is 18.0 Å². The first-order chi connectivity index (χ1) is 8.96. The van der Waals surface area contributed by atoms with E-state index in [1.807, 2.05) is 24.2 Å². The second kappa shape index (κ2) is 7.40. The summed E-state index contributed by atoms with van der Waals surface area (Å²) in [6.07, 6.45) is 4.81. The number of hydrogen-bond donors (Lipinski definition) is 2. The molecule has 1 heterocycles. The number of nitrogens with zero attached hydrogens (tertiary/aromatic N) is 3. The molecule has 0 amide bonds. The third-order valence-corrected chi connectivity index (χ3v) is 2.69. The summed E-state index contributed by atoms with van der Waals surface area (Å²) in [6.45, 7) is 10.9. The quantitative estimate of drug-likeness (QED) is 0.699. The van der Waals surface area contributed by atoms with Crippen molar-refractivity contribution >= 4 is 5.95 Å². The van der Waals surface area contributed by atoms with Crippen LogP contribution in [-0.4, -0.2) is 40.3 Å². The lowest BCUT2D eigenvalue weighted by molar-refractivity contribution is 0.0872. The molecule has 0 aliphatic heterocycles. The van der Waals surface area contributed by atoms with Gasteiger partial charge >= 0.3 is 0 Å². The van der Waals surface area contributed by atoms with E-state index in [0.717, 1.165) is 31.6 Å². The number of likely N-dealkylation sites (N-methyl/N-ethyl adjacent to an activating group) is 1. The lowest BCUT2D eigenvalue weighted by atomic mass is 10.1. The molecule has 0 bridgehead atoms. The van der Waals surface area contributed by atoms with Crippen molar-refractivity contribution in [1.82, 2.24) is 15.3 Å². The largest absolute Gasteiger partial charge is 0.389 e. The number of anilines is 1. The van der Waals surface area contributed by atoms with Gasteiger partial charge in [0.25, 0.3) is 0 Å². The van der Waals surface area contributed by atoms with E-state index in [1.165, 1.54) is 0 Å².